The van der Waals surface area contributed by atoms with Gasteiger partial charge in [-0.1, -0.05) is 48.6 Å². The van der Waals surface area contributed by atoms with Crippen LogP contribution in [-0.4, -0.2) is 23.0 Å². The third-order valence-corrected chi connectivity index (χ3v) is 4.87. The Morgan fingerprint density at radius 3 is 2.08 bits per heavy atom. The summed E-state index contributed by atoms with van der Waals surface area (Å²) in [6.45, 7) is 11.3. The third-order valence-electron chi connectivity index (χ3n) is 4.87. The van der Waals surface area contributed by atoms with Crippen LogP contribution in [0.5, 0.6) is 0 Å². The van der Waals surface area contributed by atoms with E-state index in [0.717, 1.165) is 34.4 Å². The van der Waals surface area contributed by atoms with Gasteiger partial charge in [0.2, 0.25) is 0 Å². The van der Waals surface area contributed by atoms with E-state index < -0.39 is 23.5 Å². The van der Waals surface area contributed by atoms with E-state index in [-0.39, 0.29) is 0 Å². The normalized spacial score (nSPS) is 16.3. The molecule has 2 aromatic rings. The minimum absolute atomic E-state index is 0.732. The summed E-state index contributed by atoms with van der Waals surface area (Å²) in [5.74, 6) is 0. The first kappa shape index (κ1) is 20.5. The first-order valence-corrected chi connectivity index (χ1v) is 8.44. The topological polar surface area (TPSA) is 29.5 Å². The summed E-state index contributed by atoms with van der Waals surface area (Å²) in [5, 5.41) is 11.7. The second-order valence-corrected chi connectivity index (χ2v) is 7.40. The second-order valence-electron chi connectivity index (χ2n) is 7.40. The second kappa shape index (κ2) is 6.71. The van der Waals surface area contributed by atoms with Gasteiger partial charge in [0, 0.05) is 0 Å². The molecule has 26 heavy (non-hydrogen) atoms. The van der Waals surface area contributed by atoms with Crippen molar-refractivity contribution < 1.29 is 23.0 Å². The number of hydrogen-bond donors (Lipinski definition) is 1. The number of rotatable bonds is 5. The molecule has 142 valence electrons. The van der Waals surface area contributed by atoms with E-state index in [4.69, 9.17) is 4.74 Å². The van der Waals surface area contributed by atoms with E-state index in [0.29, 0.717) is 0 Å². The fourth-order valence-corrected chi connectivity index (χ4v) is 3.05. The molecule has 0 aliphatic heterocycles. The minimum Gasteiger partial charge on any atom is -0.379 e. The minimum atomic E-state index is -4.78. The molecule has 0 aliphatic rings. The summed E-state index contributed by atoms with van der Waals surface area (Å²) >= 11 is 0. The van der Waals surface area contributed by atoms with Crippen LogP contribution in [-0.2, 0) is 10.3 Å². The molecule has 0 heterocycles. The lowest BCUT2D eigenvalue weighted by molar-refractivity contribution is -0.298. The van der Waals surface area contributed by atoms with Gasteiger partial charge in [0.1, 0.15) is 0 Å². The van der Waals surface area contributed by atoms with E-state index in [9.17, 15) is 18.3 Å². The van der Waals surface area contributed by atoms with E-state index in [1.165, 1.54) is 6.92 Å². The molecule has 0 saturated heterocycles. The first-order valence-electron chi connectivity index (χ1n) is 8.44. The molecule has 0 aliphatic carbocycles. The van der Waals surface area contributed by atoms with Crippen LogP contribution in [0, 0.1) is 0 Å². The Kier molecular flexibility index (Phi) is 5.28. The molecule has 0 spiro atoms. The zero-order chi connectivity index (χ0) is 19.9. The Balaban J connectivity index is 2.50. The van der Waals surface area contributed by atoms with Crippen LogP contribution in [0.25, 0.3) is 16.3 Å². The monoisotopic (exact) mass is 366 g/mol. The van der Waals surface area contributed by atoms with Gasteiger partial charge in [0.15, 0.2) is 5.60 Å². The fraction of sp³-hybridized carbons (Fsp3) is 0.429. The lowest BCUT2D eigenvalue weighted by Gasteiger charge is -2.38. The maximum atomic E-state index is 13.1. The number of alkyl halides is 3. The molecule has 0 radical (unpaired) electrons. The molecule has 1 N–H and O–H groups in total. The molecule has 5 heteroatoms. The molecule has 2 nitrogen and oxygen atoms in total. The van der Waals surface area contributed by atoms with Crippen molar-refractivity contribution in [1.82, 2.24) is 0 Å². The van der Waals surface area contributed by atoms with Crippen LogP contribution in [0.3, 0.4) is 0 Å². The van der Waals surface area contributed by atoms with E-state index >= 15 is 0 Å². The lowest BCUT2D eigenvalue weighted by atomic mass is 9.88. The summed E-state index contributed by atoms with van der Waals surface area (Å²) in [4.78, 5) is 0. The highest BCUT2D eigenvalue weighted by Gasteiger charge is 2.55. The Bertz CT molecular complexity index is 820. The van der Waals surface area contributed by atoms with E-state index in [1.54, 1.807) is 13.8 Å². The van der Waals surface area contributed by atoms with Crippen LogP contribution in [0.2, 0.25) is 0 Å². The highest BCUT2D eigenvalue weighted by atomic mass is 19.4. The predicted molar refractivity (Wildman–Crippen MR) is 98.9 cm³/mol. The number of benzene rings is 2. The average Bonchev–Trinajstić information content (AvgIpc) is 2.51. The van der Waals surface area contributed by atoms with Crippen molar-refractivity contribution in [2.24, 2.45) is 0 Å². The van der Waals surface area contributed by atoms with Crippen molar-refractivity contribution in [3.05, 3.63) is 54.1 Å². The van der Waals surface area contributed by atoms with Gasteiger partial charge in [-0.05, 0) is 56.5 Å². The van der Waals surface area contributed by atoms with Crippen molar-refractivity contribution in [2.75, 3.05) is 0 Å². The Morgan fingerprint density at radius 1 is 1.04 bits per heavy atom. The standard InChI is InChI=1S/C21H25F3O2/c1-13(2)15-11-12-18(17-10-8-7-9-16(15)17)19(4,5)26-14(3)20(6,25)21(22,23)24/h7-12,14,25H,1H2,2-6H3. The molecular weight excluding hydrogens is 341 g/mol. The molecule has 0 aromatic heterocycles. The highest BCUT2D eigenvalue weighted by Crippen LogP contribution is 2.40. The van der Waals surface area contributed by atoms with Crippen molar-refractivity contribution in [1.29, 1.82) is 0 Å². The third kappa shape index (κ3) is 3.64. The maximum Gasteiger partial charge on any atom is 0.419 e. The lowest BCUT2D eigenvalue weighted by Crippen LogP contribution is -2.53. The number of halogens is 3. The average molecular weight is 366 g/mol. The van der Waals surface area contributed by atoms with Crippen molar-refractivity contribution in [3.8, 4) is 0 Å². The van der Waals surface area contributed by atoms with Gasteiger partial charge in [0.05, 0.1) is 11.7 Å². The van der Waals surface area contributed by atoms with E-state index in [2.05, 4.69) is 6.58 Å². The molecular formula is C21H25F3O2. The SMILES string of the molecule is C=C(C)c1ccc(C(C)(C)OC(C)C(C)(O)C(F)(F)F)c2ccccc12. The van der Waals surface area contributed by atoms with Gasteiger partial charge >= 0.3 is 6.18 Å². The fourth-order valence-electron chi connectivity index (χ4n) is 3.05. The van der Waals surface area contributed by atoms with Crippen molar-refractivity contribution in [2.45, 2.75) is 58.1 Å². The van der Waals surface area contributed by atoms with Gasteiger partial charge in [-0.3, -0.25) is 0 Å². The largest absolute Gasteiger partial charge is 0.419 e. The maximum absolute atomic E-state index is 13.1. The Labute approximate surface area is 152 Å². The number of allylic oxidation sites excluding steroid dienone is 1. The van der Waals surface area contributed by atoms with Gasteiger partial charge < -0.3 is 9.84 Å². The molecule has 2 aromatic carbocycles. The predicted octanol–water partition coefficient (Wildman–Crippen LogP) is 5.83. The Morgan fingerprint density at radius 2 is 1.58 bits per heavy atom. The number of ether oxygens (including phenoxy) is 1. The van der Waals surface area contributed by atoms with Gasteiger partial charge in [0.25, 0.3) is 0 Å². The van der Waals surface area contributed by atoms with Crippen LogP contribution in [0.4, 0.5) is 13.2 Å². The van der Waals surface area contributed by atoms with Crippen molar-refractivity contribution in [3.63, 3.8) is 0 Å². The molecule has 0 amide bonds. The zero-order valence-electron chi connectivity index (χ0n) is 15.7. The smallest absolute Gasteiger partial charge is 0.379 e. The summed E-state index contributed by atoms with van der Waals surface area (Å²) < 4.78 is 45.1. The van der Waals surface area contributed by atoms with Crippen molar-refractivity contribution >= 4 is 16.3 Å². The highest BCUT2D eigenvalue weighted by molar-refractivity contribution is 5.95. The number of fused-ring (bicyclic) bond motifs is 1. The zero-order valence-corrected chi connectivity index (χ0v) is 15.7. The molecule has 0 saturated carbocycles. The first-order chi connectivity index (χ1) is 11.8. The molecule has 2 rings (SSSR count). The van der Waals surface area contributed by atoms with Crippen LogP contribution in [0.1, 0.15) is 45.7 Å². The summed E-state index contributed by atoms with van der Waals surface area (Å²) in [7, 11) is 0. The van der Waals surface area contributed by atoms with Crippen LogP contribution < -0.4 is 0 Å². The molecule has 2 atom stereocenters. The van der Waals surface area contributed by atoms with E-state index in [1.807, 2.05) is 43.3 Å². The quantitative estimate of drug-likeness (QED) is 0.722. The molecule has 2 unspecified atom stereocenters. The van der Waals surface area contributed by atoms with Crippen LogP contribution in [0.15, 0.2) is 43.0 Å². The number of aliphatic hydroxyl groups is 1. The van der Waals surface area contributed by atoms with Gasteiger partial charge in [-0.2, -0.15) is 13.2 Å². The Hall–Kier alpha value is -1.85. The van der Waals surface area contributed by atoms with Crippen LogP contribution >= 0.6 is 0 Å². The number of hydrogen-bond acceptors (Lipinski definition) is 2. The molecule has 0 fully saturated rings. The molecule has 0 bridgehead atoms. The summed E-state index contributed by atoms with van der Waals surface area (Å²) in [5.41, 5.74) is -1.35. The van der Waals surface area contributed by atoms with Gasteiger partial charge in [-0.25, -0.2) is 0 Å². The summed E-state index contributed by atoms with van der Waals surface area (Å²) in [6.07, 6.45) is -6.23. The summed E-state index contributed by atoms with van der Waals surface area (Å²) in [6, 6.07) is 11.4. The van der Waals surface area contributed by atoms with Gasteiger partial charge in [-0.15, -0.1) is 0 Å².